The number of rotatable bonds is 9. The lowest BCUT2D eigenvalue weighted by Gasteiger charge is -2.19. The monoisotopic (exact) mass is 552 g/mol. The number of phosphoric ester groups is 1. The van der Waals surface area contributed by atoms with Crippen LogP contribution in [0.25, 0.3) is 11.2 Å². The SMILES string of the molecule is Cn1c(N)[n+](C[C@@H]2O[C@H](COP(=O)(O)OP(=O)(O)OP(=O)(O)O)C(O)[C@@H]2O)c2nc[nH]c2c1=O. The van der Waals surface area contributed by atoms with Gasteiger partial charge in [0.25, 0.3) is 5.65 Å². The molecule has 0 radical (unpaired) electrons. The maximum absolute atomic E-state index is 12.2. The smallest absolute Gasteiger partial charge is 0.388 e. The Morgan fingerprint density at radius 1 is 1.15 bits per heavy atom. The number of aliphatic hydroxyl groups excluding tert-OH is 2. The highest BCUT2D eigenvalue weighted by Crippen LogP contribution is 2.66. The van der Waals surface area contributed by atoms with Gasteiger partial charge in [0.2, 0.25) is 0 Å². The van der Waals surface area contributed by atoms with Crippen LogP contribution >= 0.6 is 23.5 Å². The number of hydrogen-bond acceptors (Lipinski definition) is 12. The van der Waals surface area contributed by atoms with E-state index in [4.69, 9.17) is 25.2 Å². The minimum atomic E-state index is -5.72. The molecule has 1 aliphatic heterocycles. The first kappa shape index (κ1) is 27.0. The Balaban J connectivity index is 1.71. The summed E-state index contributed by atoms with van der Waals surface area (Å²) in [5.74, 6) is -0.0633. The van der Waals surface area contributed by atoms with Crippen molar-refractivity contribution in [3.63, 3.8) is 0 Å². The van der Waals surface area contributed by atoms with Crippen molar-refractivity contribution in [3.05, 3.63) is 16.7 Å². The first-order valence-electron chi connectivity index (χ1n) is 9.02. The Hall–Kier alpha value is -1.56. The average Bonchev–Trinajstić information content (AvgIpc) is 3.26. The van der Waals surface area contributed by atoms with Gasteiger partial charge in [0.1, 0.15) is 24.4 Å². The minimum Gasteiger partial charge on any atom is -0.388 e. The molecule has 2 aromatic heterocycles. The number of aliphatic hydroxyl groups is 2. The molecule has 34 heavy (non-hydrogen) atoms. The van der Waals surface area contributed by atoms with Crippen LogP contribution in [0, 0.1) is 0 Å². The Kier molecular flexibility index (Phi) is 7.54. The molecule has 0 bridgehead atoms. The van der Waals surface area contributed by atoms with Crippen LogP contribution in [0.2, 0.25) is 0 Å². The number of ether oxygens (including phenoxy) is 1. The lowest BCUT2D eigenvalue weighted by atomic mass is 10.1. The van der Waals surface area contributed by atoms with Gasteiger partial charge in [-0.2, -0.15) is 8.62 Å². The number of phosphoric acid groups is 3. The third-order valence-electron chi connectivity index (χ3n) is 4.66. The third-order valence-corrected chi connectivity index (χ3v) is 8.46. The molecule has 0 spiro atoms. The molecule has 0 aliphatic carbocycles. The molecule has 1 fully saturated rings. The lowest BCUT2D eigenvalue weighted by Crippen LogP contribution is -2.50. The van der Waals surface area contributed by atoms with Crippen LogP contribution in [0.4, 0.5) is 5.95 Å². The number of anilines is 1. The molecule has 3 unspecified atom stereocenters. The zero-order valence-corrected chi connectivity index (χ0v) is 19.7. The van der Waals surface area contributed by atoms with E-state index in [2.05, 4.69) is 23.1 Å². The summed E-state index contributed by atoms with van der Waals surface area (Å²) < 4.78 is 53.3. The number of nitrogens with two attached hydrogens (primary N) is 1. The molecule has 3 heterocycles. The zero-order chi connectivity index (χ0) is 25.6. The zero-order valence-electron chi connectivity index (χ0n) is 17.0. The van der Waals surface area contributed by atoms with Gasteiger partial charge < -0.3 is 45.2 Å². The van der Waals surface area contributed by atoms with Crippen molar-refractivity contribution in [1.29, 1.82) is 0 Å². The van der Waals surface area contributed by atoms with Crippen LogP contribution in [0.5, 0.6) is 0 Å². The summed E-state index contributed by atoms with van der Waals surface area (Å²) in [5, 5.41) is 20.5. The van der Waals surface area contributed by atoms with Crippen molar-refractivity contribution in [3.8, 4) is 0 Å². The fourth-order valence-corrected chi connectivity index (χ4v) is 6.19. The molecule has 0 aromatic carbocycles. The van der Waals surface area contributed by atoms with Crippen LogP contribution in [0.15, 0.2) is 11.1 Å². The number of aromatic nitrogens is 4. The van der Waals surface area contributed by atoms with E-state index < -0.39 is 60.1 Å². The number of imidazole rings is 1. The normalized spacial score (nSPS) is 27.0. The topological polar surface area (TPSA) is 290 Å². The summed E-state index contributed by atoms with van der Waals surface area (Å²) in [6.07, 6.45) is -4.66. The van der Waals surface area contributed by atoms with E-state index in [9.17, 15) is 33.6 Å². The molecule has 19 nitrogen and oxygen atoms in total. The second kappa shape index (κ2) is 9.48. The van der Waals surface area contributed by atoms with E-state index in [1.807, 2.05) is 0 Å². The predicted molar refractivity (Wildman–Crippen MR) is 106 cm³/mol. The van der Waals surface area contributed by atoms with E-state index in [1.54, 1.807) is 0 Å². The van der Waals surface area contributed by atoms with Crippen molar-refractivity contribution in [2.45, 2.75) is 31.0 Å². The predicted octanol–water partition coefficient (Wildman–Crippen LogP) is -3.04. The van der Waals surface area contributed by atoms with Crippen LogP contribution in [-0.2, 0) is 45.2 Å². The summed E-state index contributed by atoms with van der Waals surface area (Å²) >= 11 is 0. The molecule has 3 rings (SSSR count). The molecule has 1 saturated heterocycles. The van der Waals surface area contributed by atoms with Gasteiger partial charge in [-0.15, -0.1) is 4.98 Å². The number of fused-ring (bicyclic) bond motifs is 1. The van der Waals surface area contributed by atoms with Crippen molar-refractivity contribution in [1.82, 2.24) is 14.5 Å². The number of hydrogen-bond donors (Lipinski definition) is 8. The van der Waals surface area contributed by atoms with Gasteiger partial charge in [-0.1, -0.05) is 0 Å². The van der Waals surface area contributed by atoms with Gasteiger partial charge in [-0.3, -0.25) is 9.32 Å². The molecule has 192 valence electrons. The number of H-pyrrole nitrogens is 1. The summed E-state index contributed by atoms with van der Waals surface area (Å²) in [5.41, 5.74) is 5.73. The molecule has 6 atom stereocenters. The molecule has 2 aromatic rings. The highest BCUT2D eigenvalue weighted by molar-refractivity contribution is 7.66. The fraction of sp³-hybridized carbons (Fsp3) is 0.583. The van der Waals surface area contributed by atoms with E-state index in [0.717, 1.165) is 4.57 Å². The van der Waals surface area contributed by atoms with Gasteiger partial charge in [0, 0.05) is 0 Å². The van der Waals surface area contributed by atoms with Crippen LogP contribution in [0.1, 0.15) is 0 Å². The van der Waals surface area contributed by atoms with E-state index in [1.165, 1.54) is 17.9 Å². The van der Waals surface area contributed by atoms with Crippen molar-refractivity contribution >= 4 is 40.6 Å². The van der Waals surface area contributed by atoms with Crippen LogP contribution in [-0.4, -0.2) is 75.3 Å². The Morgan fingerprint density at radius 2 is 1.76 bits per heavy atom. The highest BCUT2D eigenvalue weighted by atomic mass is 31.3. The summed E-state index contributed by atoms with van der Waals surface area (Å²) in [7, 11) is -15.4. The van der Waals surface area contributed by atoms with E-state index in [-0.39, 0.29) is 23.7 Å². The maximum atomic E-state index is 12.2. The molecule has 9 N–H and O–H groups in total. The minimum absolute atomic E-state index is 0.0633. The number of nitrogens with zero attached hydrogens (tertiary/aromatic N) is 3. The van der Waals surface area contributed by atoms with Crippen molar-refractivity contribution < 1.29 is 65.9 Å². The van der Waals surface area contributed by atoms with E-state index in [0.29, 0.717) is 0 Å². The Morgan fingerprint density at radius 3 is 2.38 bits per heavy atom. The van der Waals surface area contributed by atoms with Gasteiger partial charge in [0.05, 0.1) is 20.2 Å². The average molecular weight is 552 g/mol. The molecular formula is C12H21N5O14P3+. The summed E-state index contributed by atoms with van der Waals surface area (Å²) in [6, 6.07) is 0. The lowest BCUT2D eigenvalue weighted by molar-refractivity contribution is -0.670. The van der Waals surface area contributed by atoms with Crippen LogP contribution in [0.3, 0.4) is 0 Å². The van der Waals surface area contributed by atoms with Crippen molar-refractivity contribution in [2.24, 2.45) is 7.05 Å². The molecule has 0 saturated carbocycles. The van der Waals surface area contributed by atoms with Gasteiger partial charge >= 0.3 is 35.0 Å². The number of nitrogens with one attached hydrogen (secondary N) is 1. The Bertz CT molecular complexity index is 1270. The largest absolute Gasteiger partial charge is 0.490 e. The maximum Gasteiger partial charge on any atom is 0.490 e. The second-order valence-corrected chi connectivity index (χ2v) is 11.4. The fourth-order valence-electron chi connectivity index (χ4n) is 3.16. The summed E-state index contributed by atoms with van der Waals surface area (Å²) in [4.78, 5) is 54.6. The molecular weight excluding hydrogens is 531 g/mol. The van der Waals surface area contributed by atoms with Gasteiger partial charge in [-0.25, -0.2) is 22.8 Å². The third kappa shape index (κ3) is 5.98. The first-order chi connectivity index (χ1) is 15.5. The highest BCUT2D eigenvalue weighted by Gasteiger charge is 2.46. The standard InChI is InChI=1S/C12H20N5O14P3/c1-16-11(20)7-10(15-4-14-7)17(12(16)13)2-5-8(18)9(19)6(29-5)3-28-33(24,25)31-34(26,27)30-32(21,22)23/h4-6,8-9,13,18-19H,2-3H2,1H3,(H5,14,15,20,21,22,23,24,25,26,27)/p+1/t5-,6+,8+,9?/m0/s1. The quantitative estimate of drug-likeness (QED) is 0.113. The van der Waals surface area contributed by atoms with Crippen LogP contribution < -0.4 is 15.9 Å². The molecule has 22 heteroatoms. The Labute approximate surface area is 188 Å². The molecule has 0 amide bonds. The van der Waals surface area contributed by atoms with E-state index >= 15 is 0 Å². The number of aromatic amines is 1. The van der Waals surface area contributed by atoms with Gasteiger partial charge in [0.15, 0.2) is 11.8 Å². The first-order valence-corrected chi connectivity index (χ1v) is 13.5. The molecule has 1 aliphatic rings. The second-order valence-electron chi connectivity index (χ2n) is 7.02. The number of nitrogen functional groups attached to an aromatic ring is 1. The summed E-state index contributed by atoms with van der Waals surface area (Å²) in [6.45, 7) is -1.20. The van der Waals surface area contributed by atoms with Crippen molar-refractivity contribution in [2.75, 3.05) is 12.3 Å². The van der Waals surface area contributed by atoms with Gasteiger partial charge in [-0.05, 0) is 0 Å².